The van der Waals surface area contributed by atoms with Crippen LogP contribution in [0, 0.1) is 0 Å². The topological polar surface area (TPSA) is 51.2 Å². The van der Waals surface area contributed by atoms with Crippen molar-refractivity contribution in [1.82, 2.24) is 9.80 Å². The Morgan fingerprint density at radius 1 is 1.10 bits per heavy atom. The molecule has 0 N–H and O–H groups in total. The molecule has 2 aliphatic heterocycles. The minimum Gasteiger partial charge on any atom is -0.497 e. The standard InChI is InChI=1S/C25H32N2O4/c1-29-23-8-3-6-21(16-23)18-27(19-24-9-4-12-31-24)25(28)22-7-2-5-20(15-22)17-26-10-13-30-14-11-26/h2-3,5-8,15-16,24H,4,9-14,17-19H2,1H3. The molecule has 6 nitrogen and oxygen atoms in total. The lowest BCUT2D eigenvalue weighted by molar-refractivity contribution is 0.0341. The van der Waals surface area contributed by atoms with E-state index >= 15 is 0 Å². The van der Waals surface area contributed by atoms with E-state index < -0.39 is 0 Å². The highest BCUT2D eigenvalue weighted by atomic mass is 16.5. The van der Waals surface area contributed by atoms with Crippen LogP contribution in [0.4, 0.5) is 0 Å². The SMILES string of the molecule is COc1cccc(CN(CC2CCCO2)C(=O)c2cccc(CN3CCOCC3)c2)c1. The van der Waals surface area contributed by atoms with Gasteiger partial charge in [-0.15, -0.1) is 0 Å². The summed E-state index contributed by atoms with van der Waals surface area (Å²) in [5.74, 6) is 0.844. The third-order valence-electron chi connectivity index (χ3n) is 5.93. The van der Waals surface area contributed by atoms with Gasteiger partial charge in [0, 0.05) is 44.9 Å². The second kappa shape index (κ2) is 10.8. The van der Waals surface area contributed by atoms with Crippen molar-refractivity contribution in [2.45, 2.75) is 32.0 Å². The van der Waals surface area contributed by atoms with Crippen LogP contribution in [0.2, 0.25) is 0 Å². The van der Waals surface area contributed by atoms with Crippen LogP contribution in [0.5, 0.6) is 5.75 Å². The maximum Gasteiger partial charge on any atom is 0.254 e. The molecule has 2 saturated heterocycles. The van der Waals surface area contributed by atoms with Gasteiger partial charge in [-0.2, -0.15) is 0 Å². The monoisotopic (exact) mass is 424 g/mol. The minimum atomic E-state index is 0.0437. The number of ether oxygens (including phenoxy) is 3. The number of carbonyl (C=O) groups excluding carboxylic acids is 1. The smallest absolute Gasteiger partial charge is 0.254 e. The highest BCUT2D eigenvalue weighted by molar-refractivity contribution is 5.94. The van der Waals surface area contributed by atoms with Gasteiger partial charge in [-0.3, -0.25) is 9.69 Å². The van der Waals surface area contributed by atoms with Crippen LogP contribution < -0.4 is 4.74 Å². The predicted molar refractivity (Wildman–Crippen MR) is 119 cm³/mol. The van der Waals surface area contributed by atoms with Crippen LogP contribution in [0.1, 0.15) is 34.3 Å². The molecule has 1 unspecified atom stereocenters. The van der Waals surface area contributed by atoms with Crippen LogP contribution in [-0.2, 0) is 22.6 Å². The zero-order chi connectivity index (χ0) is 21.5. The molecule has 2 aromatic rings. The van der Waals surface area contributed by atoms with Gasteiger partial charge in [-0.1, -0.05) is 24.3 Å². The number of hydrogen-bond acceptors (Lipinski definition) is 5. The fourth-order valence-corrected chi connectivity index (χ4v) is 4.25. The minimum absolute atomic E-state index is 0.0437. The van der Waals surface area contributed by atoms with Crippen LogP contribution in [0.15, 0.2) is 48.5 Å². The van der Waals surface area contributed by atoms with E-state index in [2.05, 4.69) is 11.0 Å². The average Bonchev–Trinajstić information content (AvgIpc) is 3.32. The Hall–Kier alpha value is -2.41. The van der Waals surface area contributed by atoms with E-state index in [0.29, 0.717) is 13.1 Å². The molecule has 0 aliphatic carbocycles. The fourth-order valence-electron chi connectivity index (χ4n) is 4.25. The van der Waals surface area contributed by atoms with Gasteiger partial charge in [0.15, 0.2) is 0 Å². The predicted octanol–water partition coefficient (Wildman–Crippen LogP) is 3.35. The van der Waals surface area contributed by atoms with Crippen molar-refractivity contribution in [3.63, 3.8) is 0 Å². The molecule has 0 spiro atoms. The summed E-state index contributed by atoms with van der Waals surface area (Å²) >= 11 is 0. The second-order valence-corrected chi connectivity index (χ2v) is 8.26. The van der Waals surface area contributed by atoms with E-state index in [-0.39, 0.29) is 12.0 Å². The molecule has 2 fully saturated rings. The Kier molecular flexibility index (Phi) is 7.57. The number of hydrogen-bond donors (Lipinski definition) is 0. The number of amides is 1. The van der Waals surface area contributed by atoms with Crippen LogP contribution in [-0.4, -0.2) is 68.4 Å². The average molecular weight is 425 g/mol. The number of benzene rings is 2. The van der Waals surface area contributed by atoms with E-state index in [0.717, 1.165) is 74.7 Å². The van der Waals surface area contributed by atoms with Crippen molar-refractivity contribution in [3.05, 3.63) is 65.2 Å². The quantitative estimate of drug-likeness (QED) is 0.651. The molecule has 31 heavy (non-hydrogen) atoms. The van der Waals surface area contributed by atoms with Crippen molar-refractivity contribution in [1.29, 1.82) is 0 Å². The van der Waals surface area contributed by atoms with Gasteiger partial charge in [0.2, 0.25) is 0 Å². The largest absolute Gasteiger partial charge is 0.497 e. The molecular weight excluding hydrogens is 392 g/mol. The summed E-state index contributed by atoms with van der Waals surface area (Å²) in [6.45, 7) is 6.15. The number of morpholine rings is 1. The van der Waals surface area contributed by atoms with Gasteiger partial charge in [0.05, 0.1) is 26.4 Å². The van der Waals surface area contributed by atoms with E-state index in [1.165, 1.54) is 0 Å². The molecule has 2 aromatic carbocycles. The highest BCUT2D eigenvalue weighted by Crippen LogP contribution is 2.20. The summed E-state index contributed by atoms with van der Waals surface area (Å²) in [4.78, 5) is 17.8. The molecule has 0 radical (unpaired) electrons. The first-order valence-corrected chi connectivity index (χ1v) is 11.1. The van der Waals surface area contributed by atoms with Gasteiger partial charge in [0.25, 0.3) is 5.91 Å². The van der Waals surface area contributed by atoms with Crippen LogP contribution >= 0.6 is 0 Å². The van der Waals surface area contributed by atoms with Gasteiger partial charge >= 0.3 is 0 Å². The molecule has 6 heteroatoms. The third kappa shape index (κ3) is 6.06. The van der Waals surface area contributed by atoms with Gasteiger partial charge in [-0.05, 0) is 48.2 Å². The number of carbonyl (C=O) groups is 1. The molecule has 2 heterocycles. The second-order valence-electron chi connectivity index (χ2n) is 8.26. The van der Waals surface area contributed by atoms with E-state index in [1.54, 1.807) is 7.11 Å². The molecule has 0 aromatic heterocycles. The van der Waals surface area contributed by atoms with Crippen molar-refractivity contribution in [2.24, 2.45) is 0 Å². The molecular formula is C25H32N2O4. The molecule has 2 aliphatic rings. The van der Waals surface area contributed by atoms with Crippen molar-refractivity contribution >= 4 is 5.91 Å². The first kappa shape index (κ1) is 21.8. The van der Waals surface area contributed by atoms with E-state index in [1.807, 2.05) is 47.4 Å². The van der Waals surface area contributed by atoms with Crippen LogP contribution in [0.3, 0.4) is 0 Å². The van der Waals surface area contributed by atoms with E-state index in [4.69, 9.17) is 14.2 Å². The maximum absolute atomic E-state index is 13.5. The first-order chi connectivity index (χ1) is 15.2. The Morgan fingerprint density at radius 2 is 1.90 bits per heavy atom. The lowest BCUT2D eigenvalue weighted by Gasteiger charge is -2.27. The summed E-state index contributed by atoms with van der Waals surface area (Å²) in [5, 5.41) is 0. The summed E-state index contributed by atoms with van der Waals surface area (Å²) < 4.78 is 16.6. The van der Waals surface area contributed by atoms with Gasteiger partial charge < -0.3 is 19.1 Å². The third-order valence-corrected chi connectivity index (χ3v) is 5.93. The molecule has 0 saturated carbocycles. The summed E-state index contributed by atoms with van der Waals surface area (Å²) in [7, 11) is 1.66. The number of methoxy groups -OCH3 is 1. The van der Waals surface area contributed by atoms with Crippen molar-refractivity contribution in [2.75, 3.05) is 46.6 Å². The normalized spacial score (nSPS) is 19.3. The number of nitrogens with zero attached hydrogens (tertiary/aromatic N) is 2. The Labute approximate surface area is 184 Å². The summed E-state index contributed by atoms with van der Waals surface area (Å²) in [6, 6.07) is 15.9. The molecule has 1 amide bonds. The Morgan fingerprint density at radius 3 is 2.68 bits per heavy atom. The van der Waals surface area contributed by atoms with Crippen molar-refractivity contribution in [3.8, 4) is 5.75 Å². The fraction of sp³-hybridized carbons (Fsp3) is 0.480. The van der Waals surface area contributed by atoms with Gasteiger partial charge in [-0.25, -0.2) is 0 Å². The molecule has 0 bridgehead atoms. The van der Waals surface area contributed by atoms with Crippen LogP contribution in [0.25, 0.3) is 0 Å². The van der Waals surface area contributed by atoms with Gasteiger partial charge in [0.1, 0.15) is 5.75 Å². The highest BCUT2D eigenvalue weighted by Gasteiger charge is 2.24. The molecule has 4 rings (SSSR count). The lowest BCUT2D eigenvalue weighted by Crippen LogP contribution is -2.37. The summed E-state index contributed by atoms with van der Waals surface area (Å²) in [6.07, 6.45) is 2.16. The van der Waals surface area contributed by atoms with Crippen molar-refractivity contribution < 1.29 is 19.0 Å². The zero-order valence-corrected chi connectivity index (χ0v) is 18.3. The molecule has 1 atom stereocenters. The zero-order valence-electron chi connectivity index (χ0n) is 18.3. The first-order valence-electron chi connectivity index (χ1n) is 11.1. The lowest BCUT2D eigenvalue weighted by atomic mass is 10.1. The maximum atomic E-state index is 13.5. The Bertz CT molecular complexity index is 860. The summed E-state index contributed by atoms with van der Waals surface area (Å²) in [5.41, 5.74) is 2.94. The molecule has 166 valence electrons. The number of rotatable bonds is 8. The van der Waals surface area contributed by atoms with E-state index in [9.17, 15) is 4.79 Å². The Balaban J connectivity index is 1.50.